The summed E-state index contributed by atoms with van der Waals surface area (Å²) >= 11 is 0. The number of likely N-dealkylation sites (tertiary alicyclic amines) is 1. The smallest absolute Gasteiger partial charge is 0.317 e. The highest BCUT2D eigenvalue weighted by Gasteiger charge is 2.37. The summed E-state index contributed by atoms with van der Waals surface area (Å²) in [6.45, 7) is 4.19. The van der Waals surface area contributed by atoms with Crippen LogP contribution >= 0.6 is 0 Å². The maximum atomic E-state index is 12.6. The molecule has 0 unspecified atom stereocenters. The molecule has 0 bridgehead atoms. The van der Waals surface area contributed by atoms with Crippen molar-refractivity contribution in [2.24, 2.45) is 11.3 Å². The normalized spacial score (nSPS) is 36.7. The molecule has 2 fully saturated rings. The van der Waals surface area contributed by atoms with Crippen molar-refractivity contribution in [2.45, 2.75) is 70.8 Å². The van der Waals surface area contributed by atoms with Gasteiger partial charge in [-0.1, -0.05) is 31.9 Å². The van der Waals surface area contributed by atoms with Gasteiger partial charge in [0, 0.05) is 19.1 Å². The number of piperidine rings is 1. The third kappa shape index (κ3) is 3.44. The number of rotatable bonds is 1. The summed E-state index contributed by atoms with van der Waals surface area (Å²) < 4.78 is 0. The molecular formula is C18H30N2O. The Labute approximate surface area is 129 Å². The number of carbonyl (C=O) groups excluding carboxylic acids is 1. The van der Waals surface area contributed by atoms with Crippen molar-refractivity contribution in [3.63, 3.8) is 0 Å². The number of nitrogens with one attached hydrogen (secondary N) is 1. The van der Waals surface area contributed by atoms with Gasteiger partial charge in [0.25, 0.3) is 0 Å². The molecule has 1 heterocycles. The first-order valence-electron chi connectivity index (χ1n) is 8.89. The van der Waals surface area contributed by atoms with Gasteiger partial charge in [0.05, 0.1) is 0 Å². The highest BCUT2D eigenvalue weighted by atomic mass is 16.2. The van der Waals surface area contributed by atoms with E-state index in [2.05, 4.69) is 29.3 Å². The van der Waals surface area contributed by atoms with Crippen LogP contribution in [0.4, 0.5) is 4.79 Å². The molecule has 3 aliphatic rings. The third-order valence-corrected chi connectivity index (χ3v) is 5.93. The first-order valence-corrected chi connectivity index (χ1v) is 8.89. The first kappa shape index (κ1) is 14.9. The number of amides is 2. The van der Waals surface area contributed by atoms with Crippen molar-refractivity contribution >= 4 is 6.03 Å². The van der Waals surface area contributed by atoms with E-state index in [0.717, 1.165) is 25.9 Å². The Hall–Kier alpha value is -0.990. The molecule has 21 heavy (non-hydrogen) atoms. The van der Waals surface area contributed by atoms with E-state index >= 15 is 0 Å². The fourth-order valence-corrected chi connectivity index (χ4v) is 4.48. The van der Waals surface area contributed by atoms with Crippen LogP contribution in [-0.4, -0.2) is 30.1 Å². The number of nitrogens with zero attached hydrogens (tertiary/aromatic N) is 1. The highest BCUT2D eigenvalue weighted by molar-refractivity contribution is 5.74. The van der Waals surface area contributed by atoms with Gasteiger partial charge in [-0.3, -0.25) is 0 Å². The van der Waals surface area contributed by atoms with Gasteiger partial charge in [-0.2, -0.15) is 0 Å². The molecule has 1 spiro atoms. The Balaban J connectivity index is 1.58. The van der Waals surface area contributed by atoms with Crippen molar-refractivity contribution in [3.05, 3.63) is 12.2 Å². The van der Waals surface area contributed by atoms with E-state index < -0.39 is 0 Å². The monoisotopic (exact) mass is 290 g/mol. The summed E-state index contributed by atoms with van der Waals surface area (Å²) in [5, 5.41) is 3.33. The van der Waals surface area contributed by atoms with Gasteiger partial charge in [-0.05, 0) is 56.3 Å². The lowest BCUT2D eigenvalue weighted by Crippen LogP contribution is -2.53. The van der Waals surface area contributed by atoms with Gasteiger partial charge < -0.3 is 10.2 Å². The van der Waals surface area contributed by atoms with E-state index in [1.165, 1.54) is 44.9 Å². The number of hydrogen-bond acceptors (Lipinski definition) is 1. The average Bonchev–Trinajstić information content (AvgIpc) is 2.50. The minimum atomic E-state index is 0.197. The zero-order chi connectivity index (χ0) is 14.7. The van der Waals surface area contributed by atoms with Gasteiger partial charge in [0.2, 0.25) is 0 Å². The largest absolute Gasteiger partial charge is 0.335 e. The van der Waals surface area contributed by atoms with Gasteiger partial charge in [-0.15, -0.1) is 0 Å². The quantitative estimate of drug-likeness (QED) is 0.725. The molecule has 3 atom stereocenters. The molecule has 1 saturated carbocycles. The third-order valence-electron chi connectivity index (χ3n) is 5.93. The Morgan fingerprint density at radius 3 is 2.81 bits per heavy atom. The van der Waals surface area contributed by atoms with Crippen LogP contribution in [0.15, 0.2) is 12.2 Å². The lowest BCUT2D eigenvalue weighted by Gasteiger charge is -2.44. The standard InChI is InChI=1S/C18H30N2O/c1-15-8-3-4-9-16(15)19-17(21)20-13-7-12-18(14-20)10-5-2-6-11-18/h2,5,15-16H,3-4,6-14H2,1H3,(H,19,21)/t15-,16+,18-/m1/s1. The summed E-state index contributed by atoms with van der Waals surface area (Å²) in [7, 11) is 0. The van der Waals surface area contributed by atoms with Crippen molar-refractivity contribution < 1.29 is 4.79 Å². The van der Waals surface area contributed by atoms with E-state index in [-0.39, 0.29) is 6.03 Å². The number of hydrogen-bond donors (Lipinski definition) is 1. The average molecular weight is 290 g/mol. The molecule has 0 aromatic rings. The Morgan fingerprint density at radius 2 is 2.05 bits per heavy atom. The van der Waals surface area contributed by atoms with Crippen LogP contribution in [0.25, 0.3) is 0 Å². The van der Waals surface area contributed by atoms with Gasteiger partial charge >= 0.3 is 6.03 Å². The Morgan fingerprint density at radius 1 is 1.19 bits per heavy atom. The van der Waals surface area contributed by atoms with Crippen LogP contribution < -0.4 is 5.32 Å². The molecule has 2 aliphatic carbocycles. The topological polar surface area (TPSA) is 32.3 Å². The van der Waals surface area contributed by atoms with Crippen LogP contribution in [0.1, 0.15) is 64.7 Å². The lowest BCUT2D eigenvalue weighted by molar-refractivity contribution is 0.0922. The van der Waals surface area contributed by atoms with Crippen LogP contribution in [-0.2, 0) is 0 Å². The maximum Gasteiger partial charge on any atom is 0.317 e. The number of allylic oxidation sites excluding steroid dienone is 2. The number of carbonyl (C=O) groups is 1. The van der Waals surface area contributed by atoms with Crippen molar-refractivity contribution in [3.8, 4) is 0 Å². The van der Waals surface area contributed by atoms with Crippen LogP contribution in [0.2, 0.25) is 0 Å². The molecule has 3 nitrogen and oxygen atoms in total. The van der Waals surface area contributed by atoms with E-state index in [1.54, 1.807) is 0 Å². The molecule has 1 aliphatic heterocycles. The molecule has 3 rings (SSSR count). The van der Waals surface area contributed by atoms with Crippen molar-refractivity contribution in [1.82, 2.24) is 10.2 Å². The fourth-order valence-electron chi connectivity index (χ4n) is 4.48. The Kier molecular flexibility index (Phi) is 4.56. The zero-order valence-corrected chi connectivity index (χ0v) is 13.4. The lowest BCUT2D eigenvalue weighted by atomic mass is 9.71. The van der Waals surface area contributed by atoms with Gasteiger partial charge in [0.15, 0.2) is 0 Å². The van der Waals surface area contributed by atoms with E-state index in [0.29, 0.717) is 17.4 Å². The van der Waals surface area contributed by atoms with E-state index in [1.807, 2.05) is 0 Å². The second-order valence-corrected chi connectivity index (χ2v) is 7.56. The summed E-state index contributed by atoms with van der Waals surface area (Å²) in [5.41, 5.74) is 0.378. The summed E-state index contributed by atoms with van der Waals surface area (Å²) in [6, 6.07) is 0.595. The number of urea groups is 1. The fraction of sp³-hybridized carbons (Fsp3) is 0.833. The SMILES string of the molecule is C[C@@H]1CCCC[C@@H]1NC(=O)N1CCC[C@]2(CC=CCC2)C1. The first-order chi connectivity index (χ1) is 10.2. The van der Waals surface area contributed by atoms with Gasteiger partial charge in [0.1, 0.15) is 0 Å². The summed E-state index contributed by atoms with van der Waals surface area (Å²) in [5.74, 6) is 0.638. The molecule has 3 heteroatoms. The minimum absolute atomic E-state index is 0.197. The maximum absolute atomic E-state index is 12.6. The molecular weight excluding hydrogens is 260 g/mol. The van der Waals surface area contributed by atoms with Crippen LogP contribution in [0.3, 0.4) is 0 Å². The molecule has 1 N–H and O–H groups in total. The van der Waals surface area contributed by atoms with Crippen LogP contribution in [0.5, 0.6) is 0 Å². The molecule has 0 radical (unpaired) electrons. The van der Waals surface area contributed by atoms with Crippen LogP contribution in [0, 0.1) is 11.3 Å². The molecule has 2 amide bonds. The van der Waals surface area contributed by atoms with Crippen molar-refractivity contribution in [2.75, 3.05) is 13.1 Å². The highest BCUT2D eigenvalue weighted by Crippen LogP contribution is 2.40. The predicted molar refractivity (Wildman–Crippen MR) is 86.2 cm³/mol. The van der Waals surface area contributed by atoms with E-state index in [4.69, 9.17) is 0 Å². The zero-order valence-electron chi connectivity index (χ0n) is 13.4. The molecule has 1 saturated heterocycles. The second-order valence-electron chi connectivity index (χ2n) is 7.56. The molecule has 0 aromatic carbocycles. The van der Waals surface area contributed by atoms with E-state index in [9.17, 15) is 4.79 Å². The Bertz CT molecular complexity index is 406. The summed E-state index contributed by atoms with van der Waals surface area (Å²) in [4.78, 5) is 14.7. The minimum Gasteiger partial charge on any atom is -0.335 e. The summed E-state index contributed by atoms with van der Waals surface area (Å²) in [6.07, 6.45) is 15.7. The molecule has 118 valence electrons. The second kappa shape index (κ2) is 6.41. The predicted octanol–water partition coefficient (Wildman–Crippen LogP) is 4.10. The molecule has 0 aromatic heterocycles. The van der Waals surface area contributed by atoms with Gasteiger partial charge in [-0.25, -0.2) is 4.79 Å². The van der Waals surface area contributed by atoms with Crippen molar-refractivity contribution in [1.29, 1.82) is 0 Å².